The molecule has 0 N–H and O–H groups in total. The minimum Gasteiger partial charge on any atom is -0.493 e. The van der Waals surface area contributed by atoms with E-state index in [1.807, 2.05) is 20.2 Å². The summed E-state index contributed by atoms with van der Waals surface area (Å²) in [5.74, 6) is 1.51. The molecule has 0 aliphatic heterocycles. The van der Waals surface area contributed by atoms with Gasteiger partial charge in [0, 0.05) is 12.0 Å². The maximum atomic E-state index is 12.5. The second-order valence-corrected chi connectivity index (χ2v) is 15.7. The van der Waals surface area contributed by atoms with Crippen molar-refractivity contribution < 1.29 is 19.0 Å². The smallest absolute Gasteiger partial charge is 0.306 e. The molecule has 0 atom stereocenters. The predicted octanol–water partition coefficient (Wildman–Crippen LogP) is 14.8. The fraction of sp³-hybridized carbons (Fsp3) is 0.700. The molecule has 0 saturated heterocycles. The van der Waals surface area contributed by atoms with Crippen molar-refractivity contribution in [1.29, 1.82) is 0 Å². The summed E-state index contributed by atoms with van der Waals surface area (Å²) in [4.78, 5) is 14.6. The summed E-state index contributed by atoms with van der Waals surface area (Å²) >= 11 is 0. The van der Waals surface area contributed by atoms with Crippen molar-refractivity contribution in [2.24, 2.45) is 0 Å². The highest BCUT2D eigenvalue weighted by Gasteiger charge is 2.13. The number of hydrogen-bond donors (Lipinski definition) is 0. The molecule has 314 valence electrons. The number of aryl methyl sites for hydroxylation is 1. The Morgan fingerprint density at radius 3 is 1.45 bits per heavy atom. The van der Waals surface area contributed by atoms with E-state index in [2.05, 4.69) is 80.3 Å². The molecular formula is C50H85NO4. The minimum absolute atomic E-state index is 0.165. The first kappa shape index (κ1) is 50.2. The number of hydrogen-bond acceptors (Lipinski definition) is 5. The second-order valence-electron chi connectivity index (χ2n) is 15.7. The average molecular weight is 764 g/mol. The van der Waals surface area contributed by atoms with Crippen LogP contribution in [0.4, 0.5) is 0 Å². The first-order valence-electron chi connectivity index (χ1n) is 22.8. The highest BCUT2D eigenvalue weighted by atomic mass is 16.5. The molecule has 0 heterocycles. The zero-order valence-corrected chi connectivity index (χ0v) is 36.6. The van der Waals surface area contributed by atoms with Crippen LogP contribution >= 0.6 is 0 Å². The summed E-state index contributed by atoms with van der Waals surface area (Å²) in [5, 5.41) is 0. The van der Waals surface area contributed by atoms with Gasteiger partial charge in [-0.15, -0.1) is 0 Å². The van der Waals surface area contributed by atoms with Crippen LogP contribution in [0.15, 0.2) is 60.7 Å². The van der Waals surface area contributed by atoms with Gasteiger partial charge in [0.2, 0.25) is 0 Å². The molecule has 0 spiro atoms. The maximum absolute atomic E-state index is 12.5. The number of rotatable bonds is 38. The quantitative estimate of drug-likeness (QED) is 0.0381. The number of allylic oxidation sites excluding steroid dienone is 8. The fourth-order valence-electron chi connectivity index (χ4n) is 6.42. The van der Waals surface area contributed by atoms with Crippen LogP contribution in [-0.4, -0.2) is 44.7 Å². The first-order chi connectivity index (χ1) is 27.0. The largest absolute Gasteiger partial charge is 0.493 e. The van der Waals surface area contributed by atoms with Gasteiger partial charge in [0.25, 0.3) is 0 Å². The highest BCUT2D eigenvalue weighted by Crippen LogP contribution is 2.30. The lowest BCUT2D eigenvalue weighted by molar-refractivity contribution is -0.145. The van der Waals surface area contributed by atoms with Gasteiger partial charge in [-0.1, -0.05) is 140 Å². The van der Waals surface area contributed by atoms with E-state index in [1.165, 1.54) is 128 Å². The summed E-state index contributed by atoms with van der Waals surface area (Å²) in [6.07, 6.45) is 49.3. The van der Waals surface area contributed by atoms with Crippen molar-refractivity contribution in [3.8, 4) is 11.5 Å². The Kier molecular flexibility index (Phi) is 34.8. The van der Waals surface area contributed by atoms with E-state index >= 15 is 0 Å². The number of carbonyl (C=O) groups excluding carboxylic acids is 1. The van der Waals surface area contributed by atoms with Crippen LogP contribution in [0.1, 0.15) is 192 Å². The molecule has 0 unspecified atom stereocenters. The molecule has 5 heteroatoms. The Balaban J connectivity index is 2.38. The molecule has 5 nitrogen and oxygen atoms in total. The van der Waals surface area contributed by atoms with Crippen LogP contribution < -0.4 is 9.47 Å². The van der Waals surface area contributed by atoms with Gasteiger partial charge in [-0.05, 0) is 129 Å². The summed E-state index contributed by atoms with van der Waals surface area (Å²) in [5.41, 5.74) is 1.95. The summed E-state index contributed by atoms with van der Waals surface area (Å²) in [6, 6.07) is 4.10. The van der Waals surface area contributed by atoms with Crippen LogP contribution in [0.5, 0.6) is 11.5 Å². The average Bonchev–Trinajstić information content (AvgIpc) is 3.17. The zero-order valence-electron chi connectivity index (χ0n) is 36.6. The first-order valence-corrected chi connectivity index (χ1v) is 22.8. The van der Waals surface area contributed by atoms with Gasteiger partial charge in [0.1, 0.15) is 18.1 Å². The number of carbonyl (C=O) groups is 1. The molecule has 0 fully saturated rings. The Morgan fingerprint density at radius 2 is 0.982 bits per heavy atom. The molecule has 0 aliphatic rings. The predicted molar refractivity (Wildman–Crippen MR) is 238 cm³/mol. The van der Waals surface area contributed by atoms with Gasteiger partial charge in [0.15, 0.2) is 0 Å². The lowest BCUT2D eigenvalue weighted by Gasteiger charge is -2.17. The molecular weight excluding hydrogens is 679 g/mol. The van der Waals surface area contributed by atoms with Gasteiger partial charge in [-0.3, -0.25) is 4.79 Å². The number of nitrogens with zero attached hydrogens (tertiary/aromatic N) is 1. The van der Waals surface area contributed by atoms with Crippen LogP contribution in [0.2, 0.25) is 0 Å². The molecule has 0 aromatic heterocycles. The molecule has 55 heavy (non-hydrogen) atoms. The van der Waals surface area contributed by atoms with Crippen molar-refractivity contribution in [2.45, 2.75) is 194 Å². The molecule has 0 bridgehead atoms. The van der Waals surface area contributed by atoms with E-state index in [1.54, 1.807) is 0 Å². The molecule has 1 aromatic carbocycles. The topological polar surface area (TPSA) is 48.0 Å². The van der Waals surface area contributed by atoms with Gasteiger partial charge < -0.3 is 19.1 Å². The fourth-order valence-corrected chi connectivity index (χ4v) is 6.42. The third-order valence-corrected chi connectivity index (χ3v) is 9.94. The Bertz CT molecular complexity index is 1150. The van der Waals surface area contributed by atoms with Crippen LogP contribution in [-0.2, 0) is 16.1 Å². The number of ether oxygens (including phenoxy) is 3. The number of unbranched alkanes of at least 4 members (excludes halogenated alkanes) is 18. The molecule has 0 saturated carbocycles. The Labute approximate surface area is 340 Å². The van der Waals surface area contributed by atoms with Gasteiger partial charge >= 0.3 is 5.97 Å². The lowest BCUT2D eigenvalue weighted by atomic mass is 10.1. The Hall–Kier alpha value is -2.79. The molecule has 0 radical (unpaired) electrons. The SMILES string of the molecule is CCCCC/C=C\C/C=C\CCCCCCCCOc1cc(COC(=O)CCCN(C)C)c(OCCCCCCCC/C=C\C/C=C\CCCCC)cc1C. The molecule has 1 aromatic rings. The van der Waals surface area contributed by atoms with E-state index in [0.717, 1.165) is 61.3 Å². The highest BCUT2D eigenvalue weighted by molar-refractivity contribution is 5.69. The van der Waals surface area contributed by atoms with Crippen molar-refractivity contribution in [1.82, 2.24) is 4.90 Å². The van der Waals surface area contributed by atoms with Gasteiger partial charge in [0.05, 0.1) is 13.2 Å². The third-order valence-electron chi connectivity index (χ3n) is 9.94. The van der Waals surface area contributed by atoms with Crippen LogP contribution in [0, 0.1) is 6.92 Å². The lowest BCUT2D eigenvalue weighted by Crippen LogP contribution is -2.15. The standard InChI is InChI=1S/C50H85NO4/c1-6-8-10-12-14-16-18-20-22-24-26-28-30-32-34-36-41-53-48-44-47(45-55-50(52)39-38-40-51(4)5)49(43-46(48)3)54-42-37-35-33-31-29-27-25-23-21-19-17-15-13-11-9-7-2/h14-17,20-23,43-44H,6-13,18-19,24-42,45H2,1-5H3/b16-14-,17-15-,22-20-,23-21-. The maximum Gasteiger partial charge on any atom is 0.306 e. The molecule has 0 amide bonds. The van der Waals surface area contributed by atoms with E-state index < -0.39 is 0 Å². The van der Waals surface area contributed by atoms with E-state index in [4.69, 9.17) is 14.2 Å². The van der Waals surface area contributed by atoms with Crippen molar-refractivity contribution in [3.05, 3.63) is 71.9 Å². The Morgan fingerprint density at radius 1 is 0.545 bits per heavy atom. The van der Waals surface area contributed by atoms with E-state index in [0.29, 0.717) is 19.6 Å². The number of esters is 1. The molecule has 1 rings (SSSR count). The van der Waals surface area contributed by atoms with Gasteiger partial charge in [-0.2, -0.15) is 0 Å². The monoisotopic (exact) mass is 764 g/mol. The summed E-state index contributed by atoms with van der Waals surface area (Å²) in [7, 11) is 4.04. The normalized spacial score (nSPS) is 12.0. The van der Waals surface area contributed by atoms with E-state index in [-0.39, 0.29) is 12.6 Å². The van der Waals surface area contributed by atoms with Crippen molar-refractivity contribution in [2.75, 3.05) is 33.9 Å². The van der Waals surface area contributed by atoms with Gasteiger partial charge in [-0.25, -0.2) is 0 Å². The van der Waals surface area contributed by atoms with Crippen LogP contribution in [0.25, 0.3) is 0 Å². The third kappa shape index (κ3) is 32.0. The minimum atomic E-state index is -0.165. The van der Waals surface area contributed by atoms with Crippen molar-refractivity contribution in [3.63, 3.8) is 0 Å². The second kappa shape index (κ2) is 38.1. The zero-order chi connectivity index (χ0) is 39.9. The van der Waals surface area contributed by atoms with Crippen molar-refractivity contribution >= 4 is 5.97 Å². The molecule has 0 aliphatic carbocycles. The number of benzene rings is 1. The summed E-state index contributed by atoms with van der Waals surface area (Å²) < 4.78 is 18.3. The summed E-state index contributed by atoms with van der Waals surface area (Å²) in [6.45, 7) is 9.05. The van der Waals surface area contributed by atoms with E-state index in [9.17, 15) is 4.79 Å². The van der Waals surface area contributed by atoms with Crippen LogP contribution in [0.3, 0.4) is 0 Å².